The average molecular weight is 305 g/mol. The Kier molecular flexibility index (Phi) is 4.49. The van der Waals surface area contributed by atoms with Crippen molar-refractivity contribution in [1.82, 2.24) is 20.1 Å². The number of aryl methyl sites for hydroxylation is 1. The Balaban J connectivity index is 1.85. The summed E-state index contributed by atoms with van der Waals surface area (Å²) in [4.78, 5) is 2.41. The predicted molar refractivity (Wildman–Crippen MR) is 89.3 cm³/mol. The number of nitrogens with two attached hydrogens (primary N) is 1. The molecule has 0 radical (unpaired) electrons. The number of fused-ring (bicyclic) bond motifs is 1. The van der Waals surface area contributed by atoms with E-state index in [9.17, 15) is 0 Å². The molecule has 0 spiro atoms. The molecule has 0 aliphatic carbocycles. The van der Waals surface area contributed by atoms with Crippen LogP contribution >= 0.6 is 11.8 Å². The number of hydrogen-bond donors (Lipinski definition) is 2. The zero-order valence-electron chi connectivity index (χ0n) is 12.6. The van der Waals surface area contributed by atoms with Crippen LogP contribution in [0.5, 0.6) is 0 Å². The fraction of sp³-hybridized carbons (Fsp3) is 0.533. The molecule has 5 nitrogen and oxygen atoms in total. The van der Waals surface area contributed by atoms with Crippen molar-refractivity contribution in [1.29, 1.82) is 0 Å². The molecule has 1 aliphatic rings. The van der Waals surface area contributed by atoms with Gasteiger partial charge in [-0.05, 0) is 13.1 Å². The Bertz CT molecular complexity index is 611. The van der Waals surface area contributed by atoms with Crippen molar-refractivity contribution in [3.05, 3.63) is 30.0 Å². The second-order valence-electron chi connectivity index (χ2n) is 5.69. The van der Waals surface area contributed by atoms with E-state index in [1.807, 2.05) is 23.5 Å². The van der Waals surface area contributed by atoms with Crippen molar-refractivity contribution >= 4 is 22.7 Å². The van der Waals surface area contributed by atoms with Crippen molar-refractivity contribution in [3.63, 3.8) is 0 Å². The highest BCUT2D eigenvalue weighted by atomic mass is 32.2. The van der Waals surface area contributed by atoms with Gasteiger partial charge in [-0.1, -0.05) is 18.2 Å². The molecule has 2 aromatic rings. The normalized spacial score (nSPS) is 21.8. The van der Waals surface area contributed by atoms with Crippen LogP contribution in [0.3, 0.4) is 0 Å². The van der Waals surface area contributed by atoms with Crippen molar-refractivity contribution in [2.75, 3.05) is 25.1 Å². The lowest BCUT2D eigenvalue weighted by molar-refractivity contribution is 0.213. The maximum atomic E-state index is 5.84. The van der Waals surface area contributed by atoms with Gasteiger partial charge in [-0.3, -0.25) is 16.0 Å². The molecular weight excluding hydrogens is 282 g/mol. The van der Waals surface area contributed by atoms with E-state index in [1.165, 1.54) is 16.7 Å². The quantitative estimate of drug-likeness (QED) is 0.652. The van der Waals surface area contributed by atoms with Crippen LogP contribution in [0.25, 0.3) is 10.9 Å². The number of thioether (sulfide) groups is 1. The van der Waals surface area contributed by atoms with E-state index >= 15 is 0 Å². The Morgan fingerprint density at radius 2 is 2.24 bits per heavy atom. The lowest BCUT2D eigenvalue weighted by atomic mass is 10.0. The minimum absolute atomic E-state index is 0.223. The SMILES string of the molecule is CN1CCSCC1C(Cc1nn(C)c2ccccc12)NN. The van der Waals surface area contributed by atoms with E-state index < -0.39 is 0 Å². The van der Waals surface area contributed by atoms with Crippen LogP contribution in [0.15, 0.2) is 24.3 Å². The Morgan fingerprint density at radius 1 is 1.43 bits per heavy atom. The summed E-state index contributed by atoms with van der Waals surface area (Å²) in [5, 5.41) is 5.92. The van der Waals surface area contributed by atoms with E-state index in [-0.39, 0.29) is 6.04 Å². The molecule has 114 valence electrons. The molecular formula is C15H23N5S. The van der Waals surface area contributed by atoms with Crippen LogP contribution in [0.2, 0.25) is 0 Å². The molecule has 1 aromatic carbocycles. The van der Waals surface area contributed by atoms with E-state index in [0.29, 0.717) is 6.04 Å². The molecule has 3 N–H and O–H groups in total. The summed E-state index contributed by atoms with van der Waals surface area (Å²) in [6.07, 6.45) is 0.855. The van der Waals surface area contributed by atoms with Crippen molar-refractivity contribution in [2.45, 2.75) is 18.5 Å². The van der Waals surface area contributed by atoms with Crippen molar-refractivity contribution in [3.8, 4) is 0 Å². The highest BCUT2D eigenvalue weighted by Gasteiger charge is 2.28. The first-order valence-corrected chi connectivity index (χ1v) is 8.51. The highest BCUT2D eigenvalue weighted by Crippen LogP contribution is 2.23. The second-order valence-corrected chi connectivity index (χ2v) is 6.84. The Labute approximate surface area is 129 Å². The fourth-order valence-electron chi connectivity index (χ4n) is 3.08. The number of nitrogens with one attached hydrogen (secondary N) is 1. The molecule has 0 amide bonds. The number of rotatable bonds is 4. The highest BCUT2D eigenvalue weighted by molar-refractivity contribution is 7.99. The van der Waals surface area contributed by atoms with Gasteiger partial charge in [0.1, 0.15) is 0 Å². The maximum Gasteiger partial charge on any atom is 0.0719 e. The summed E-state index contributed by atoms with van der Waals surface area (Å²) >= 11 is 2.01. The van der Waals surface area contributed by atoms with Gasteiger partial charge in [-0.2, -0.15) is 16.9 Å². The van der Waals surface area contributed by atoms with E-state index in [2.05, 4.69) is 41.6 Å². The first kappa shape index (κ1) is 14.8. The third-order valence-corrected chi connectivity index (χ3v) is 5.42. The zero-order valence-corrected chi connectivity index (χ0v) is 13.4. The molecule has 2 unspecified atom stereocenters. The summed E-state index contributed by atoms with van der Waals surface area (Å²) in [6, 6.07) is 9.05. The lowest BCUT2D eigenvalue weighted by Gasteiger charge is -2.37. The van der Waals surface area contributed by atoms with Crippen LogP contribution in [0.1, 0.15) is 5.69 Å². The van der Waals surface area contributed by atoms with Crippen LogP contribution in [0.4, 0.5) is 0 Å². The van der Waals surface area contributed by atoms with E-state index in [1.54, 1.807) is 0 Å². The Hall–Kier alpha value is -1.08. The molecule has 1 aromatic heterocycles. The summed E-state index contributed by atoms with van der Waals surface area (Å²) in [5.74, 6) is 8.17. The van der Waals surface area contributed by atoms with Gasteiger partial charge in [0, 0.05) is 49.0 Å². The van der Waals surface area contributed by atoms with Gasteiger partial charge in [0.15, 0.2) is 0 Å². The topological polar surface area (TPSA) is 59.1 Å². The molecule has 1 fully saturated rings. The summed E-state index contributed by atoms with van der Waals surface area (Å²) in [7, 11) is 4.19. The third-order valence-electron chi connectivity index (χ3n) is 4.37. The molecule has 0 bridgehead atoms. The van der Waals surface area contributed by atoms with Gasteiger partial charge in [-0.15, -0.1) is 0 Å². The van der Waals surface area contributed by atoms with Gasteiger partial charge < -0.3 is 4.90 Å². The van der Waals surface area contributed by atoms with E-state index in [4.69, 9.17) is 10.9 Å². The lowest BCUT2D eigenvalue weighted by Crippen LogP contribution is -2.55. The first-order chi connectivity index (χ1) is 10.2. The molecule has 1 aliphatic heterocycles. The van der Waals surface area contributed by atoms with Gasteiger partial charge >= 0.3 is 0 Å². The summed E-state index contributed by atoms with van der Waals surface area (Å²) < 4.78 is 1.96. The zero-order chi connectivity index (χ0) is 14.8. The van der Waals surface area contributed by atoms with Gasteiger partial charge in [0.05, 0.1) is 11.2 Å². The molecule has 2 atom stereocenters. The fourth-order valence-corrected chi connectivity index (χ4v) is 4.39. The van der Waals surface area contributed by atoms with Gasteiger partial charge in [0.2, 0.25) is 0 Å². The van der Waals surface area contributed by atoms with Crippen LogP contribution < -0.4 is 11.3 Å². The summed E-state index contributed by atoms with van der Waals surface area (Å²) in [5.41, 5.74) is 5.32. The van der Waals surface area contributed by atoms with Crippen LogP contribution in [0, 0.1) is 0 Å². The van der Waals surface area contributed by atoms with Gasteiger partial charge in [-0.25, -0.2) is 0 Å². The number of hydrogen-bond acceptors (Lipinski definition) is 5. The second kappa shape index (κ2) is 6.36. The largest absolute Gasteiger partial charge is 0.300 e. The van der Waals surface area contributed by atoms with Crippen molar-refractivity contribution < 1.29 is 0 Å². The molecule has 6 heteroatoms. The molecule has 2 heterocycles. The van der Waals surface area contributed by atoms with Crippen LogP contribution in [-0.4, -0.2) is 51.9 Å². The third kappa shape index (κ3) is 2.94. The molecule has 3 rings (SSSR count). The van der Waals surface area contributed by atoms with E-state index in [0.717, 1.165) is 24.4 Å². The predicted octanol–water partition coefficient (Wildman–Crippen LogP) is 0.995. The average Bonchev–Trinajstić information content (AvgIpc) is 2.82. The molecule has 21 heavy (non-hydrogen) atoms. The maximum absolute atomic E-state index is 5.84. The van der Waals surface area contributed by atoms with Crippen LogP contribution in [-0.2, 0) is 13.5 Å². The van der Waals surface area contributed by atoms with Gasteiger partial charge in [0.25, 0.3) is 0 Å². The molecule has 1 saturated heterocycles. The number of nitrogens with zero attached hydrogens (tertiary/aromatic N) is 3. The standard InChI is InChI=1S/C15H23N5S/c1-19-7-8-21-10-15(19)13(17-16)9-12-11-5-3-4-6-14(11)20(2)18-12/h3-6,13,15,17H,7-10,16H2,1-2H3. The van der Waals surface area contributed by atoms with Crippen molar-refractivity contribution in [2.24, 2.45) is 12.9 Å². The number of benzene rings is 1. The minimum atomic E-state index is 0.223. The first-order valence-electron chi connectivity index (χ1n) is 7.35. The number of likely N-dealkylation sites (N-methyl/N-ethyl adjacent to an activating group) is 1. The number of para-hydroxylation sites is 1. The summed E-state index contributed by atoms with van der Waals surface area (Å²) in [6.45, 7) is 1.12. The molecule has 0 saturated carbocycles. The number of hydrazine groups is 1. The monoisotopic (exact) mass is 305 g/mol. The Morgan fingerprint density at radius 3 is 3.00 bits per heavy atom. The number of aromatic nitrogens is 2. The minimum Gasteiger partial charge on any atom is -0.300 e. The smallest absolute Gasteiger partial charge is 0.0719 e.